The van der Waals surface area contributed by atoms with E-state index in [1.54, 1.807) is 32.8 Å². The van der Waals surface area contributed by atoms with Crippen LogP contribution in [0.1, 0.15) is 30.4 Å². The highest BCUT2D eigenvalue weighted by Gasteiger charge is 2.28. The monoisotopic (exact) mass is 384 g/mol. The number of methoxy groups -OCH3 is 2. The summed E-state index contributed by atoms with van der Waals surface area (Å²) in [4.78, 5) is 15.2. The predicted octanol–water partition coefficient (Wildman–Crippen LogP) is 1.25. The van der Waals surface area contributed by atoms with Crippen molar-refractivity contribution in [1.29, 1.82) is 0 Å². The van der Waals surface area contributed by atoms with Crippen molar-refractivity contribution in [3.05, 3.63) is 36.4 Å². The molecule has 0 N–H and O–H groups in total. The Kier molecular flexibility index (Phi) is 5.09. The lowest BCUT2D eigenvalue weighted by Gasteiger charge is -2.32. The van der Waals surface area contributed by atoms with Crippen molar-refractivity contribution in [2.75, 3.05) is 32.2 Å². The minimum absolute atomic E-state index is 0.253. The number of imidazole rings is 1. The molecule has 1 unspecified atom stereocenters. The molecule has 28 heavy (non-hydrogen) atoms. The van der Waals surface area contributed by atoms with Gasteiger partial charge in [-0.25, -0.2) is 4.98 Å². The molecule has 0 aliphatic carbocycles. The molecule has 3 aromatic heterocycles. The second-order valence-corrected chi connectivity index (χ2v) is 6.81. The number of piperidine rings is 1. The third-order valence-electron chi connectivity index (χ3n) is 5.04. The first-order valence-corrected chi connectivity index (χ1v) is 9.24. The summed E-state index contributed by atoms with van der Waals surface area (Å²) in [5.41, 5.74) is 0. The lowest BCUT2D eigenvalue weighted by atomic mass is 9.97. The summed E-state index contributed by atoms with van der Waals surface area (Å²) >= 11 is 0. The molecule has 0 bridgehead atoms. The van der Waals surface area contributed by atoms with Crippen molar-refractivity contribution < 1.29 is 9.47 Å². The zero-order chi connectivity index (χ0) is 19.5. The number of hydrogen-bond donors (Lipinski definition) is 0. The van der Waals surface area contributed by atoms with Gasteiger partial charge in [0.05, 0.1) is 33.2 Å². The Bertz CT molecular complexity index is 902. The summed E-state index contributed by atoms with van der Waals surface area (Å²) in [5.74, 6) is 3.74. The van der Waals surface area contributed by atoms with E-state index >= 15 is 0 Å². The SMILES string of the molecule is COc1cc(OC)nc(N2CCCC(c3nnc(Cn4ccnc4)n3C)C2)n1. The third kappa shape index (κ3) is 3.62. The summed E-state index contributed by atoms with van der Waals surface area (Å²) in [7, 11) is 5.20. The van der Waals surface area contributed by atoms with E-state index < -0.39 is 0 Å². The van der Waals surface area contributed by atoms with Gasteiger partial charge in [-0.1, -0.05) is 0 Å². The van der Waals surface area contributed by atoms with Crippen molar-refractivity contribution in [2.45, 2.75) is 25.3 Å². The van der Waals surface area contributed by atoms with Crippen LogP contribution in [0.4, 0.5) is 5.95 Å². The van der Waals surface area contributed by atoms with Crippen LogP contribution in [0.5, 0.6) is 11.8 Å². The largest absolute Gasteiger partial charge is 0.481 e. The number of rotatable bonds is 6. The van der Waals surface area contributed by atoms with Crippen LogP contribution in [0.15, 0.2) is 24.8 Å². The van der Waals surface area contributed by atoms with Gasteiger partial charge < -0.3 is 23.5 Å². The topological polar surface area (TPSA) is 96.0 Å². The van der Waals surface area contributed by atoms with Gasteiger partial charge in [0.1, 0.15) is 5.82 Å². The first-order chi connectivity index (χ1) is 13.7. The highest BCUT2D eigenvalue weighted by molar-refractivity contribution is 5.38. The normalized spacial score (nSPS) is 17.0. The molecule has 1 aliphatic rings. The number of anilines is 1. The molecular formula is C18H24N8O2. The van der Waals surface area contributed by atoms with Gasteiger partial charge in [-0.05, 0) is 12.8 Å². The van der Waals surface area contributed by atoms with Crippen LogP contribution in [0, 0.1) is 0 Å². The highest BCUT2D eigenvalue weighted by atomic mass is 16.5. The standard InChI is InChI=1S/C18H24N8O2/c1-24-14(11-25-8-6-19-12-25)22-23-17(24)13-5-4-7-26(10-13)18-20-15(27-2)9-16(21-18)28-3/h6,8-9,12-13H,4-5,7,10-11H2,1-3H3. The third-order valence-corrected chi connectivity index (χ3v) is 5.04. The van der Waals surface area contributed by atoms with E-state index in [9.17, 15) is 0 Å². The maximum atomic E-state index is 5.28. The molecule has 10 nitrogen and oxygen atoms in total. The number of hydrogen-bond acceptors (Lipinski definition) is 8. The smallest absolute Gasteiger partial charge is 0.231 e. The van der Waals surface area contributed by atoms with Crippen LogP contribution in [0.2, 0.25) is 0 Å². The summed E-state index contributed by atoms with van der Waals surface area (Å²) < 4.78 is 14.6. The van der Waals surface area contributed by atoms with Gasteiger partial charge in [-0.3, -0.25) is 0 Å². The first kappa shape index (κ1) is 18.2. The molecule has 1 aliphatic heterocycles. The Morgan fingerprint density at radius 1 is 1.14 bits per heavy atom. The molecule has 148 valence electrons. The fraction of sp³-hybridized carbons (Fsp3) is 0.500. The second-order valence-electron chi connectivity index (χ2n) is 6.81. The molecule has 0 spiro atoms. The zero-order valence-electron chi connectivity index (χ0n) is 16.3. The Morgan fingerprint density at radius 2 is 1.93 bits per heavy atom. The molecule has 1 atom stereocenters. The highest BCUT2D eigenvalue weighted by Crippen LogP contribution is 2.29. The minimum atomic E-state index is 0.253. The van der Waals surface area contributed by atoms with Gasteiger partial charge in [0.2, 0.25) is 17.7 Å². The predicted molar refractivity (Wildman–Crippen MR) is 102 cm³/mol. The fourth-order valence-electron chi connectivity index (χ4n) is 3.52. The van der Waals surface area contributed by atoms with Crippen LogP contribution < -0.4 is 14.4 Å². The molecule has 10 heteroatoms. The van der Waals surface area contributed by atoms with Crippen LogP contribution in [-0.2, 0) is 13.6 Å². The Labute approximate surface area is 163 Å². The number of aromatic nitrogens is 7. The van der Waals surface area contributed by atoms with Crippen molar-refractivity contribution in [3.8, 4) is 11.8 Å². The lowest BCUT2D eigenvalue weighted by Crippen LogP contribution is -2.36. The van der Waals surface area contributed by atoms with Crippen molar-refractivity contribution >= 4 is 5.95 Å². The zero-order valence-corrected chi connectivity index (χ0v) is 16.3. The maximum Gasteiger partial charge on any atom is 0.231 e. The molecule has 0 radical (unpaired) electrons. The van der Waals surface area contributed by atoms with Crippen LogP contribution >= 0.6 is 0 Å². The van der Waals surface area contributed by atoms with Crippen LogP contribution in [0.25, 0.3) is 0 Å². The summed E-state index contributed by atoms with van der Waals surface area (Å²) in [5, 5.41) is 8.87. The van der Waals surface area contributed by atoms with E-state index in [2.05, 4.69) is 34.6 Å². The summed E-state index contributed by atoms with van der Waals surface area (Å²) in [6.07, 6.45) is 7.54. The number of ether oxygens (including phenoxy) is 2. The van der Waals surface area contributed by atoms with E-state index in [0.29, 0.717) is 24.3 Å². The summed E-state index contributed by atoms with van der Waals surface area (Å²) in [6.45, 7) is 2.30. The van der Waals surface area contributed by atoms with Crippen molar-refractivity contribution in [1.82, 2.24) is 34.3 Å². The molecule has 0 saturated carbocycles. The first-order valence-electron chi connectivity index (χ1n) is 9.24. The van der Waals surface area contributed by atoms with Crippen LogP contribution in [-0.4, -0.2) is 61.6 Å². The Hall–Kier alpha value is -3.17. The van der Waals surface area contributed by atoms with E-state index in [1.807, 2.05) is 17.8 Å². The quantitative estimate of drug-likeness (QED) is 0.627. The Balaban J connectivity index is 1.54. The van der Waals surface area contributed by atoms with E-state index in [1.165, 1.54) is 0 Å². The van der Waals surface area contributed by atoms with Gasteiger partial charge in [0, 0.05) is 38.4 Å². The van der Waals surface area contributed by atoms with Gasteiger partial charge >= 0.3 is 0 Å². The van der Waals surface area contributed by atoms with Gasteiger partial charge in [0.15, 0.2) is 5.82 Å². The van der Waals surface area contributed by atoms with E-state index in [-0.39, 0.29) is 5.92 Å². The molecule has 4 heterocycles. The van der Waals surface area contributed by atoms with Crippen LogP contribution in [0.3, 0.4) is 0 Å². The fourth-order valence-corrected chi connectivity index (χ4v) is 3.52. The van der Waals surface area contributed by atoms with Gasteiger partial charge in [0.25, 0.3) is 0 Å². The molecule has 0 aromatic carbocycles. The summed E-state index contributed by atoms with van der Waals surface area (Å²) in [6, 6.07) is 1.68. The Morgan fingerprint density at radius 3 is 2.61 bits per heavy atom. The van der Waals surface area contributed by atoms with Crippen molar-refractivity contribution in [2.24, 2.45) is 7.05 Å². The average molecular weight is 384 g/mol. The minimum Gasteiger partial charge on any atom is -0.481 e. The van der Waals surface area contributed by atoms with Gasteiger partial charge in [-0.15, -0.1) is 10.2 Å². The number of nitrogens with zero attached hydrogens (tertiary/aromatic N) is 8. The lowest BCUT2D eigenvalue weighted by molar-refractivity contribution is 0.369. The van der Waals surface area contributed by atoms with Gasteiger partial charge in [-0.2, -0.15) is 9.97 Å². The molecule has 1 fully saturated rings. The maximum absolute atomic E-state index is 5.28. The van der Waals surface area contributed by atoms with Crippen molar-refractivity contribution in [3.63, 3.8) is 0 Å². The second kappa shape index (κ2) is 7.83. The van der Waals surface area contributed by atoms with E-state index in [0.717, 1.165) is 37.6 Å². The van der Waals surface area contributed by atoms with E-state index in [4.69, 9.17) is 9.47 Å². The molecular weight excluding hydrogens is 360 g/mol. The molecule has 4 rings (SSSR count). The molecule has 3 aromatic rings. The average Bonchev–Trinajstić information content (AvgIpc) is 3.38. The molecule has 1 saturated heterocycles. The molecule has 0 amide bonds.